The van der Waals surface area contributed by atoms with Crippen LogP contribution < -0.4 is 5.01 Å². The minimum absolute atomic E-state index is 0.979. The van der Waals surface area contributed by atoms with Crippen molar-refractivity contribution in [3.05, 3.63) is 70.1 Å². The molecule has 3 aliphatic rings. The number of anilines is 1. The summed E-state index contributed by atoms with van der Waals surface area (Å²) in [5.74, 6) is 0. The van der Waals surface area contributed by atoms with E-state index in [1.165, 1.54) is 75.9 Å². The summed E-state index contributed by atoms with van der Waals surface area (Å²) < 4.78 is 1.92. The Morgan fingerprint density at radius 2 is 1.35 bits per heavy atom. The summed E-state index contributed by atoms with van der Waals surface area (Å²) in [4.78, 5) is 0. The van der Waals surface area contributed by atoms with Crippen molar-refractivity contribution >= 4 is 38.3 Å². The van der Waals surface area contributed by atoms with Crippen LogP contribution in [0.15, 0.2) is 42.5 Å². The SMILES string of the molecule is C1CCC(PC2CCCCC2)CC1.Cc1cc(C)c(N2CCC[N-]2)c(C)c1.[Cl][Ru]([Cl])=[CH]c1ccccc1. The van der Waals surface area contributed by atoms with Gasteiger partial charge in [0, 0.05) is 5.69 Å². The van der Waals surface area contributed by atoms with Crippen molar-refractivity contribution in [3.63, 3.8) is 0 Å². The molecule has 1 aliphatic heterocycles. The molecule has 0 atom stereocenters. The average molecular weight is 650 g/mol. The standard InChI is InChI=1S/C12H17N2.C12H23P.C7H6.2ClH.Ru/c1-9-7-10(2)12(11(3)8-9)14-6-4-5-13-14;1-3-7-11(8-4-1)13-12-9-5-2-6-10-12;1-7-5-3-2-4-6-7;;;/h7-8H,4-6H2,1-3H3;11-13H,1-10H2;1-6H;2*1H;/q-1;;;;;+2/p-2. The van der Waals surface area contributed by atoms with Crippen LogP contribution in [0.1, 0.15) is 92.9 Å². The third-order valence-electron chi connectivity index (χ3n) is 7.37. The van der Waals surface area contributed by atoms with E-state index < -0.39 is 13.5 Å². The first-order valence-electron chi connectivity index (χ1n) is 14.1. The normalized spacial score (nSPS) is 18.8. The van der Waals surface area contributed by atoms with Gasteiger partial charge in [-0.15, -0.1) is 15.1 Å². The second-order valence-corrected chi connectivity index (χ2v) is 18.3. The second-order valence-electron chi connectivity index (χ2n) is 10.6. The Morgan fingerprint density at radius 3 is 1.81 bits per heavy atom. The van der Waals surface area contributed by atoms with Crippen molar-refractivity contribution in [2.45, 2.75) is 103 Å². The number of hydrogen-bond donors (Lipinski definition) is 0. The van der Waals surface area contributed by atoms with E-state index in [0.29, 0.717) is 0 Å². The number of nitrogens with zero attached hydrogens (tertiary/aromatic N) is 2. The van der Waals surface area contributed by atoms with E-state index in [9.17, 15) is 0 Å². The molecule has 208 valence electrons. The zero-order valence-corrected chi connectivity index (χ0v) is 27.2. The molecule has 0 N–H and O–H groups in total. The van der Waals surface area contributed by atoms with Crippen LogP contribution in [0, 0.1) is 20.8 Å². The molecule has 2 aliphatic carbocycles. The van der Waals surface area contributed by atoms with Crippen molar-refractivity contribution < 1.29 is 13.5 Å². The Morgan fingerprint density at radius 1 is 0.811 bits per heavy atom. The molecule has 5 rings (SSSR count). The van der Waals surface area contributed by atoms with Gasteiger partial charge in [0.2, 0.25) is 0 Å². The monoisotopic (exact) mass is 649 g/mol. The van der Waals surface area contributed by atoms with E-state index in [4.69, 9.17) is 19.4 Å². The molecule has 37 heavy (non-hydrogen) atoms. The molecule has 2 aromatic carbocycles. The molecular weight excluding hydrogens is 603 g/mol. The van der Waals surface area contributed by atoms with Crippen LogP contribution in [0.5, 0.6) is 0 Å². The Hall–Kier alpha value is -0.297. The zero-order chi connectivity index (χ0) is 26.5. The fourth-order valence-electron chi connectivity index (χ4n) is 5.73. The van der Waals surface area contributed by atoms with E-state index in [-0.39, 0.29) is 0 Å². The van der Waals surface area contributed by atoms with Gasteiger partial charge in [-0.25, -0.2) is 0 Å². The third-order valence-corrected chi connectivity index (χ3v) is 11.3. The summed E-state index contributed by atoms with van der Waals surface area (Å²) in [6.07, 6.45) is 16.6. The number of aryl methyl sites for hydroxylation is 3. The van der Waals surface area contributed by atoms with Gasteiger partial charge < -0.3 is 10.4 Å². The van der Waals surface area contributed by atoms with Gasteiger partial charge in [-0.2, -0.15) is 0 Å². The van der Waals surface area contributed by atoms with Crippen LogP contribution in [0.2, 0.25) is 0 Å². The van der Waals surface area contributed by atoms with E-state index in [0.717, 1.165) is 30.0 Å². The van der Waals surface area contributed by atoms with Gasteiger partial charge in [0.25, 0.3) is 0 Å². The van der Waals surface area contributed by atoms with Crippen molar-refractivity contribution in [2.24, 2.45) is 0 Å². The minimum atomic E-state index is -1.61. The quantitative estimate of drug-likeness (QED) is 0.238. The van der Waals surface area contributed by atoms with Gasteiger partial charge in [-0.05, 0) is 75.4 Å². The van der Waals surface area contributed by atoms with Crippen LogP contribution in [-0.4, -0.2) is 29.0 Å². The van der Waals surface area contributed by atoms with Gasteiger partial charge in [0.05, 0.1) is 0 Å². The Balaban J connectivity index is 0.000000157. The summed E-state index contributed by atoms with van der Waals surface area (Å²) >= 11 is -1.61. The van der Waals surface area contributed by atoms with E-state index in [1.807, 2.05) is 34.9 Å². The van der Waals surface area contributed by atoms with Crippen molar-refractivity contribution in [3.8, 4) is 0 Å². The van der Waals surface area contributed by atoms with Crippen molar-refractivity contribution in [1.82, 2.24) is 0 Å². The van der Waals surface area contributed by atoms with Gasteiger partial charge in [-0.1, -0.05) is 62.6 Å². The summed E-state index contributed by atoms with van der Waals surface area (Å²) in [6, 6.07) is 14.4. The van der Waals surface area contributed by atoms with E-state index in [1.54, 1.807) is 25.7 Å². The predicted octanol–water partition coefficient (Wildman–Crippen LogP) is 10.2. The molecule has 2 aromatic rings. The first-order valence-corrected chi connectivity index (χ1v) is 20.7. The third kappa shape index (κ3) is 11.8. The van der Waals surface area contributed by atoms with Gasteiger partial charge in [-0.3, -0.25) is 0 Å². The summed E-state index contributed by atoms with van der Waals surface area (Å²) in [6.45, 7) is 8.54. The molecule has 2 nitrogen and oxygen atoms in total. The average Bonchev–Trinajstić information content (AvgIpc) is 3.40. The van der Waals surface area contributed by atoms with Crippen LogP contribution in [-0.2, 0) is 13.5 Å². The summed E-state index contributed by atoms with van der Waals surface area (Å²) in [5, 5.41) is 2.16. The Labute approximate surface area is 241 Å². The van der Waals surface area contributed by atoms with E-state index >= 15 is 0 Å². The molecule has 1 heterocycles. The first kappa shape index (κ1) is 31.2. The summed E-state index contributed by atoms with van der Waals surface area (Å²) in [7, 11) is 12.7. The fourth-order valence-corrected chi connectivity index (χ4v) is 9.70. The fraction of sp³-hybridized carbons (Fsp3) is 0.581. The molecular formula is C31H46Cl2N2PRu-. The number of hydrogen-bond acceptors (Lipinski definition) is 1. The number of rotatable bonds is 4. The molecule has 0 aromatic heterocycles. The predicted molar refractivity (Wildman–Crippen MR) is 166 cm³/mol. The molecule has 0 bridgehead atoms. The zero-order valence-electron chi connectivity index (χ0n) is 23.0. The van der Waals surface area contributed by atoms with Gasteiger partial charge >= 0.3 is 73.4 Å². The van der Waals surface area contributed by atoms with Gasteiger partial charge in [0.1, 0.15) is 0 Å². The van der Waals surface area contributed by atoms with Crippen LogP contribution in [0.25, 0.3) is 5.43 Å². The molecule has 3 fully saturated rings. The van der Waals surface area contributed by atoms with Gasteiger partial charge in [0.15, 0.2) is 0 Å². The number of halogens is 2. The molecule has 0 spiro atoms. The molecule has 0 amide bonds. The topological polar surface area (TPSA) is 17.3 Å². The molecule has 6 heteroatoms. The maximum absolute atomic E-state index is 5.67. The molecule has 0 radical (unpaired) electrons. The Kier molecular flexibility index (Phi) is 14.7. The maximum atomic E-state index is 5.67. The number of benzene rings is 2. The van der Waals surface area contributed by atoms with Crippen LogP contribution in [0.3, 0.4) is 0 Å². The van der Waals surface area contributed by atoms with Crippen LogP contribution >= 0.6 is 28.0 Å². The second kappa shape index (κ2) is 17.4. The Bertz CT molecular complexity index is 908. The molecule has 1 saturated heterocycles. The first-order chi connectivity index (χ1) is 17.9. The van der Waals surface area contributed by atoms with Crippen LogP contribution in [0.4, 0.5) is 5.69 Å². The van der Waals surface area contributed by atoms with Crippen molar-refractivity contribution in [1.29, 1.82) is 0 Å². The van der Waals surface area contributed by atoms with Crippen molar-refractivity contribution in [2.75, 3.05) is 18.1 Å². The molecule has 0 unspecified atom stereocenters. The van der Waals surface area contributed by atoms with E-state index in [2.05, 4.69) is 43.3 Å². The molecule has 2 saturated carbocycles. The summed E-state index contributed by atoms with van der Waals surface area (Å²) in [5.41, 5.74) is 13.2.